The van der Waals surface area contributed by atoms with E-state index in [9.17, 15) is 9.18 Å². The van der Waals surface area contributed by atoms with Gasteiger partial charge in [0.05, 0.1) is 5.56 Å². The third-order valence-electron chi connectivity index (χ3n) is 5.29. The molecule has 0 bridgehead atoms. The van der Waals surface area contributed by atoms with E-state index in [1.807, 2.05) is 48.5 Å². The minimum absolute atomic E-state index is 0.0686. The molecule has 0 radical (unpaired) electrons. The Labute approximate surface area is 171 Å². The van der Waals surface area contributed by atoms with Crippen LogP contribution in [0.2, 0.25) is 0 Å². The zero-order valence-corrected chi connectivity index (χ0v) is 16.6. The zero-order chi connectivity index (χ0) is 20.2. The Hall–Kier alpha value is -2.98. The number of amides is 1. The Bertz CT molecular complexity index is 979. The number of likely N-dealkylation sites (tertiary alicyclic amines) is 1. The molecule has 4 heteroatoms. The molecule has 3 aromatic rings. The molecule has 0 spiro atoms. The lowest BCUT2D eigenvalue weighted by molar-refractivity contribution is 0.102. The molecule has 3 aromatic carbocycles. The Morgan fingerprint density at radius 2 is 1.62 bits per heavy atom. The number of hydrogen-bond donors (Lipinski definition) is 1. The fraction of sp³-hybridized carbons (Fsp3) is 0.240. The van der Waals surface area contributed by atoms with E-state index in [-0.39, 0.29) is 5.56 Å². The van der Waals surface area contributed by atoms with Gasteiger partial charge in [-0.2, -0.15) is 0 Å². The van der Waals surface area contributed by atoms with Crippen LogP contribution >= 0.6 is 0 Å². The fourth-order valence-corrected chi connectivity index (χ4v) is 3.79. The molecule has 1 aliphatic rings. The lowest BCUT2D eigenvalue weighted by Gasteiger charge is -2.37. The molecule has 0 aromatic heterocycles. The maximum absolute atomic E-state index is 14.5. The van der Waals surface area contributed by atoms with Crippen LogP contribution in [0.3, 0.4) is 0 Å². The summed E-state index contributed by atoms with van der Waals surface area (Å²) in [4.78, 5) is 14.8. The van der Waals surface area contributed by atoms with Crippen molar-refractivity contribution in [3.05, 3.63) is 101 Å². The highest BCUT2D eigenvalue weighted by molar-refractivity contribution is 6.04. The van der Waals surface area contributed by atoms with E-state index in [0.717, 1.165) is 37.2 Å². The summed E-state index contributed by atoms with van der Waals surface area (Å²) < 4.78 is 14.5. The molecule has 4 rings (SSSR count). The van der Waals surface area contributed by atoms with E-state index in [0.29, 0.717) is 11.6 Å². The van der Waals surface area contributed by atoms with Crippen LogP contribution in [0.5, 0.6) is 0 Å². The lowest BCUT2D eigenvalue weighted by atomic mass is 10.0. The number of rotatable bonds is 6. The monoisotopic (exact) mass is 388 g/mol. The highest BCUT2D eigenvalue weighted by Crippen LogP contribution is 2.20. The van der Waals surface area contributed by atoms with E-state index in [1.165, 1.54) is 11.6 Å². The molecule has 1 N–H and O–H groups in total. The van der Waals surface area contributed by atoms with Gasteiger partial charge in [-0.1, -0.05) is 55.5 Å². The van der Waals surface area contributed by atoms with E-state index < -0.39 is 11.7 Å². The molecule has 1 amide bonds. The Morgan fingerprint density at radius 1 is 0.966 bits per heavy atom. The van der Waals surface area contributed by atoms with Gasteiger partial charge >= 0.3 is 0 Å². The second-order valence-corrected chi connectivity index (χ2v) is 7.93. The van der Waals surface area contributed by atoms with Gasteiger partial charge in [0.2, 0.25) is 0 Å². The van der Waals surface area contributed by atoms with Crippen molar-refractivity contribution in [2.24, 2.45) is 5.92 Å². The molecule has 29 heavy (non-hydrogen) atoms. The van der Waals surface area contributed by atoms with Crippen LogP contribution in [0.4, 0.5) is 10.1 Å². The standard InChI is InChI=1S/C25H25FN2O/c1-18-15-28(16-18)17-21-9-12-23(24(26)14-21)25(29)27-22-10-7-20(8-11-22)13-19-5-3-2-4-6-19/h2-12,14,18H,13,15-17H2,1H3,(H,27,29). The molecule has 1 saturated heterocycles. The van der Waals surface area contributed by atoms with Gasteiger partial charge in [0.15, 0.2) is 0 Å². The molecule has 0 atom stereocenters. The van der Waals surface area contributed by atoms with Crippen molar-refractivity contribution in [1.82, 2.24) is 4.90 Å². The lowest BCUT2D eigenvalue weighted by Crippen LogP contribution is -2.44. The second-order valence-electron chi connectivity index (χ2n) is 7.93. The second kappa shape index (κ2) is 8.58. The van der Waals surface area contributed by atoms with Gasteiger partial charge in [-0.05, 0) is 53.3 Å². The molecule has 3 nitrogen and oxygen atoms in total. The third kappa shape index (κ3) is 4.90. The number of hydrogen-bond acceptors (Lipinski definition) is 2. The Balaban J connectivity index is 1.37. The molecule has 1 aliphatic heterocycles. The van der Waals surface area contributed by atoms with Gasteiger partial charge in [-0.3, -0.25) is 9.69 Å². The average molecular weight is 388 g/mol. The van der Waals surface area contributed by atoms with Gasteiger partial charge in [0.25, 0.3) is 5.91 Å². The Kier molecular flexibility index (Phi) is 5.72. The number of nitrogens with one attached hydrogen (secondary N) is 1. The molecule has 0 aliphatic carbocycles. The van der Waals surface area contributed by atoms with Crippen molar-refractivity contribution in [3.63, 3.8) is 0 Å². The first-order valence-corrected chi connectivity index (χ1v) is 10.0. The first kappa shape index (κ1) is 19.3. The molecule has 1 heterocycles. The fourth-order valence-electron chi connectivity index (χ4n) is 3.79. The summed E-state index contributed by atoms with van der Waals surface area (Å²) in [6.45, 7) is 5.03. The number of anilines is 1. The van der Waals surface area contributed by atoms with Gasteiger partial charge in [0, 0.05) is 25.3 Å². The van der Waals surface area contributed by atoms with Crippen molar-refractivity contribution >= 4 is 11.6 Å². The normalized spacial score (nSPS) is 14.4. The predicted octanol–water partition coefficient (Wildman–Crippen LogP) is 5.12. The van der Waals surface area contributed by atoms with Crippen LogP contribution in [0.15, 0.2) is 72.8 Å². The number of nitrogens with zero attached hydrogens (tertiary/aromatic N) is 1. The zero-order valence-electron chi connectivity index (χ0n) is 16.6. The maximum atomic E-state index is 14.5. The number of halogens is 1. The van der Waals surface area contributed by atoms with E-state index in [2.05, 4.69) is 29.3 Å². The number of carbonyl (C=O) groups excluding carboxylic acids is 1. The maximum Gasteiger partial charge on any atom is 0.258 e. The van der Waals surface area contributed by atoms with E-state index in [1.54, 1.807) is 6.07 Å². The minimum atomic E-state index is -0.478. The quantitative estimate of drug-likeness (QED) is 0.636. The first-order chi connectivity index (χ1) is 14.1. The van der Waals surface area contributed by atoms with Gasteiger partial charge < -0.3 is 5.32 Å². The number of benzene rings is 3. The van der Waals surface area contributed by atoms with E-state index in [4.69, 9.17) is 0 Å². The van der Waals surface area contributed by atoms with Crippen LogP contribution in [-0.2, 0) is 13.0 Å². The van der Waals surface area contributed by atoms with Crippen LogP contribution in [0.1, 0.15) is 34.0 Å². The van der Waals surface area contributed by atoms with Crippen molar-refractivity contribution in [2.75, 3.05) is 18.4 Å². The van der Waals surface area contributed by atoms with Crippen molar-refractivity contribution in [3.8, 4) is 0 Å². The van der Waals surface area contributed by atoms with Gasteiger partial charge in [-0.15, -0.1) is 0 Å². The van der Waals surface area contributed by atoms with Gasteiger partial charge in [-0.25, -0.2) is 4.39 Å². The summed E-state index contributed by atoms with van der Waals surface area (Å²) in [5.41, 5.74) is 4.02. The van der Waals surface area contributed by atoms with Crippen molar-refractivity contribution in [1.29, 1.82) is 0 Å². The van der Waals surface area contributed by atoms with Crippen LogP contribution in [0.25, 0.3) is 0 Å². The van der Waals surface area contributed by atoms with E-state index >= 15 is 0 Å². The average Bonchev–Trinajstić information content (AvgIpc) is 2.69. The SMILES string of the molecule is CC1CN(Cc2ccc(C(=O)Nc3ccc(Cc4ccccc4)cc3)c(F)c2)C1. The van der Waals surface area contributed by atoms with Crippen LogP contribution in [0, 0.1) is 11.7 Å². The van der Waals surface area contributed by atoms with Crippen LogP contribution < -0.4 is 5.32 Å². The summed E-state index contributed by atoms with van der Waals surface area (Å²) in [6, 6.07) is 22.8. The summed E-state index contributed by atoms with van der Waals surface area (Å²) in [7, 11) is 0. The number of carbonyl (C=O) groups is 1. The predicted molar refractivity (Wildman–Crippen MR) is 114 cm³/mol. The smallest absolute Gasteiger partial charge is 0.258 e. The molecule has 1 fully saturated rings. The van der Waals surface area contributed by atoms with Crippen molar-refractivity contribution in [2.45, 2.75) is 19.9 Å². The molecular weight excluding hydrogens is 363 g/mol. The topological polar surface area (TPSA) is 32.3 Å². The molecule has 148 valence electrons. The van der Waals surface area contributed by atoms with Crippen LogP contribution in [-0.4, -0.2) is 23.9 Å². The summed E-state index contributed by atoms with van der Waals surface area (Å²) in [5, 5.41) is 2.79. The minimum Gasteiger partial charge on any atom is -0.322 e. The largest absolute Gasteiger partial charge is 0.322 e. The summed E-state index contributed by atoms with van der Waals surface area (Å²) >= 11 is 0. The molecular formula is C25H25FN2O. The Morgan fingerprint density at radius 3 is 2.28 bits per heavy atom. The molecule has 0 saturated carbocycles. The summed E-state index contributed by atoms with van der Waals surface area (Å²) in [6.07, 6.45) is 0.834. The first-order valence-electron chi connectivity index (χ1n) is 10.0. The highest BCUT2D eigenvalue weighted by Gasteiger charge is 2.22. The summed E-state index contributed by atoms with van der Waals surface area (Å²) in [5.74, 6) is -0.194. The van der Waals surface area contributed by atoms with Gasteiger partial charge in [0.1, 0.15) is 5.82 Å². The van der Waals surface area contributed by atoms with Crippen molar-refractivity contribution < 1.29 is 9.18 Å². The molecule has 0 unspecified atom stereocenters. The highest BCUT2D eigenvalue weighted by atomic mass is 19.1. The third-order valence-corrected chi connectivity index (χ3v) is 5.29.